The molecule has 0 saturated heterocycles. The molecule has 5 heteroatoms. The number of nitrogens with one attached hydrogen (secondary N) is 1. The van der Waals surface area contributed by atoms with Crippen molar-refractivity contribution >= 4 is 11.6 Å². The van der Waals surface area contributed by atoms with Gasteiger partial charge in [-0.15, -0.1) is 0 Å². The summed E-state index contributed by atoms with van der Waals surface area (Å²) in [6.45, 7) is 5.25. The van der Waals surface area contributed by atoms with Crippen LogP contribution in [0, 0.1) is 0 Å². The van der Waals surface area contributed by atoms with Crippen molar-refractivity contribution in [2.45, 2.75) is 32.7 Å². The van der Waals surface area contributed by atoms with Gasteiger partial charge >= 0.3 is 0 Å². The zero-order chi connectivity index (χ0) is 13.7. The van der Waals surface area contributed by atoms with Crippen LogP contribution in [0.1, 0.15) is 26.2 Å². The number of hydrogen-bond donors (Lipinski definition) is 1. The minimum Gasteiger partial charge on any atom is -0.339 e. The van der Waals surface area contributed by atoms with Gasteiger partial charge in [-0.2, -0.15) is 4.98 Å². The summed E-state index contributed by atoms with van der Waals surface area (Å²) in [4.78, 5) is 4.39. The molecule has 0 aliphatic heterocycles. The van der Waals surface area contributed by atoms with Crippen LogP contribution >= 0.6 is 11.6 Å². The van der Waals surface area contributed by atoms with Gasteiger partial charge in [0, 0.05) is 23.0 Å². The van der Waals surface area contributed by atoms with E-state index in [-0.39, 0.29) is 0 Å². The molecule has 1 aromatic heterocycles. The second-order valence-electron chi connectivity index (χ2n) is 4.58. The van der Waals surface area contributed by atoms with Crippen molar-refractivity contribution in [3.05, 3.63) is 35.2 Å². The molecular weight excluding hydrogens is 262 g/mol. The summed E-state index contributed by atoms with van der Waals surface area (Å²) in [6.07, 6.45) is 1.84. The lowest BCUT2D eigenvalue weighted by Gasteiger charge is -2.09. The first-order valence-corrected chi connectivity index (χ1v) is 6.88. The third-order valence-corrected chi connectivity index (χ3v) is 3.01. The summed E-state index contributed by atoms with van der Waals surface area (Å²) in [5, 5.41) is 8.05. The molecule has 0 radical (unpaired) electrons. The average molecular weight is 280 g/mol. The van der Waals surface area contributed by atoms with E-state index in [2.05, 4.69) is 29.3 Å². The van der Waals surface area contributed by atoms with Gasteiger partial charge in [-0.25, -0.2) is 0 Å². The SMILES string of the molecule is CCCNC(C)Cc1nc(-c2cccc(Cl)c2)no1. The quantitative estimate of drug-likeness (QED) is 0.881. The van der Waals surface area contributed by atoms with E-state index in [1.807, 2.05) is 24.3 Å². The Morgan fingerprint density at radius 3 is 3.00 bits per heavy atom. The van der Waals surface area contributed by atoms with E-state index in [1.54, 1.807) is 0 Å². The predicted molar refractivity (Wildman–Crippen MR) is 76.2 cm³/mol. The summed E-state index contributed by atoms with van der Waals surface area (Å²) < 4.78 is 5.27. The highest BCUT2D eigenvalue weighted by Crippen LogP contribution is 2.20. The van der Waals surface area contributed by atoms with Gasteiger partial charge in [-0.05, 0) is 32.0 Å². The summed E-state index contributed by atoms with van der Waals surface area (Å²) in [7, 11) is 0. The molecule has 2 rings (SSSR count). The van der Waals surface area contributed by atoms with E-state index in [4.69, 9.17) is 16.1 Å². The highest BCUT2D eigenvalue weighted by molar-refractivity contribution is 6.30. The highest BCUT2D eigenvalue weighted by atomic mass is 35.5. The molecule has 0 bridgehead atoms. The number of aromatic nitrogens is 2. The fourth-order valence-corrected chi connectivity index (χ4v) is 2.00. The third kappa shape index (κ3) is 4.04. The van der Waals surface area contributed by atoms with Crippen molar-refractivity contribution in [1.82, 2.24) is 15.5 Å². The summed E-state index contributed by atoms with van der Waals surface area (Å²) >= 11 is 5.95. The molecule has 0 amide bonds. The molecule has 4 nitrogen and oxygen atoms in total. The fourth-order valence-electron chi connectivity index (χ4n) is 1.81. The van der Waals surface area contributed by atoms with Crippen LogP contribution in [0.15, 0.2) is 28.8 Å². The second kappa shape index (κ2) is 6.68. The van der Waals surface area contributed by atoms with Crippen molar-refractivity contribution < 1.29 is 4.52 Å². The average Bonchev–Trinajstić information content (AvgIpc) is 2.85. The minimum atomic E-state index is 0.326. The van der Waals surface area contributed by atoms with Crippen molar-refractivity contribution in [3.63, 3.8) is 0 Å². The van der Waals surface area contributed by atoms with Gasteiger partial charge < -0.3 is 9.84 Å². The number of halogens is 1. The largest absolute Gasteiger partial charge is 0.339 e. The lowest BCUT2D eigenvalue weighted by Crippen LogP contribution is -2.28. The molecule has 19 heavy (non-hydrogen) atoms. The molecule has 102 valence electrons. The number of rotatable bonds is 6. The standard InChI is InChI=1S/C14H18ClN3O/c1-3-7-16-10(2)8-13-17-14(18-19-13)11-5-4-6-12(15)9-11/h4-6,9-10,16H,3,7-8H2,1-2H3. The molecule has 1 heterocycles. The molecule has 0 saturated carbocycles. The van der Waals surface area contributed by atoms with Crippen LogP contribution in [0.3, 0.4) is 0 Å². The molecular formula is C14H18ClN3O. The summed E-state index contributed by atoms with van der Waals surface area (Å²) in [6, 6.07) is 7.77. The maximum Gasteiger partial charge on any atom is 0.228 e. The van der Waals surface area contributed by atoms with Gasteiger partial charge in [0.1, 0.15) is 0 Å². The highest BCUT2D eigenvalue weighted by Gasteiger charge is 2.11. The normalized spacial score (nSPS) is 12.6. The van der Waals surface area contributed by atoms with E-state index in [0.717, 1.165) is 24.9 Å². The van der Waals surface area contributed by atoms with Crippen molar-refractivity contribution in [1.29, 1.82) is 0 Å². The molecule has 0 aliphatic rings. The number of nitrogens with zero attached hydrogens (tertiary/aromatic N) is 2. The van der Waals surface area contributed by atoms with Gasteiger partial charge in [-0.3, -0.25) is 0 Å². The number of benzene rings is 1. The number of hydrogen-bond acceptors (Lipinski definition) is 4. The molecule has 0 fully saturated rings. The first kappa shape index (κ1) is 14.0. The zero-order valence-corrected chi connectivity index (χ0v) is 11.9. The van der Waals surface area contributed by atoms with Gasteiger partial charge in [0.2, 0.25) is 11.7 Å². The fraction of sp³-hybridized carbons (Fsp3) is 0.429. The Kier molecular flexibility index (Phi) is 4.93. The van der Waals surface area contributed by atoms with Crippen molar-refractivity contribution in [2.75, 3.05) is 6.54 Å². The van der Waals surface area contributed by atoms with Crippen LogP contribution in [-0.4, -0.2) is 22.7 Å². The molecule has 0 aliphatic carbocycles. The third-order valence-electron chi connectivity index (χ3n) is 2.77. The van der Waals surface area contributed by atoms with E-state index < -0.39 is 0 Å². The van der Waals surface area contributed by atoms with E-state index >= 15 is 0 Å². The van der Waals surface area contributed by atoms with Gasteiger partial charge in [0.15, 0.2) is 0 Å². The monoisotopic (exact) mass is 279 g/mol. The molecule has 1 unspecified atom stereocenters. The van der Waals surface area contributed by atoms with E-state index in [1.165, 1.54) is 0 Å². The molecule has 0 spiro atoms. The Hall–Kier alpha value is -1.39. The van der Waals surface area contributed by atoms with Crippen molar-refractivity contribution in [2.24, 2.45) is 0 Å². The van der Waals surface area contributed by atoms with Crippen LogP contribution in [-0.2, 0) is 6.42 Å². The van der Waals surface area contributed by atoms with Crippen LogP contribution in [0.5, 0.6) is 0 Å². The summed E-state index contributed by atoms with van der Waals surface area (Å²) in [5.41, 5.74) is 0.872. The Balaban J connectivity index is 2.03. The summed E-state index contributed by atoms with van der Waals surface area (Å²) in [5.74, 6) is 1.23. The Bertz CT molecular complexity index is 527. The van der Waals surface area contributed by atoms with E-state index in [0.29, 0.717) is 22.8 Å². The molecule has 1 atom stereocenters. The smallest absolute Gasteiger partial charge is 0.228 e. The topological polar surface area (TPSA) is 51.0 Å². The first-order chi connectivity index (χ1) is 9.19. The maximum absolute atomic E-state index is 5.95. The Morgan fingerprint density at radius 1 is 1.42 bits per heavy atom. The lowest BCUT2D eigenvalue weighted by molar-refractivity contribution is 0.362. The van der Waals surface area contributed by atoms with E-state index in [9.17, 15) is 0 Å². The van der Waals surface area contributed by atoms with Gasteiger partial charge in [0.25, 0.3) is 0 Å². The maximum atomic E-state index is 5.95. The molecule has 2 aromatic rings. The van der Waals surface area contributed by atoms with Gasteiger partial charge in [0.05, 0.1) is 0 Å². The second-order valence-corrected chi connectivity index (χ2v) is 5.02. The first-order valence-electron chi connectivity index (χ1n) is 6.51. The minimum absolute atomic E-state index is 0.326. The van der Waals surface area contributed by atoms with Gasteiger partial charge in [-0.1, -0.05) is 35.8 Å². The predicted octanol–water partition coefficient (Wildman–Crippen LogP) is 3.32. The zero-order valence-electron chi connectivity index (χ0n) is 11.2. The van der Waals surface area contributed by atoms with Crippen LogP contribution in [0.25, 0.3) is 11.4 Å². The lowest BCUT2D eigenvalue weighted by atomic mass is 10.2. The Morgan fingerprint density at radius 2 is 2.26 bits per heavy atom. The molecule has 1 aromatic carbocycles. The molecule has 1 N–H and O–H groups in total. The van der Waals surface area contributed by atoms with Crippen LogP contribution in [0.2, 0.25) is 5.02 Å². The Labute approximate surface area is 118 Å². The van der Waals surface area contributed by atoms with Crippen LogP contribution in [0.4, 0.5) is 0 Å². The van der Waals surface area contributed by atoms with Crippen molar-refractivity contribution in [3.8, 4) is 11.4 Å². The van der Waals surface area contributed by atoms with Crippen LogP contribution < -0.4 is 5.32 Å².